The van der Waals surface area contributed by atoms with Crippen LogP contribution in [0.15, 0.2) is 0 Å². The zero-order valence-electron chi connectivity index (χ0n) is 6.02. The Kier molecular flexibility index (Phi) is 8.52. The molecule has 0 aliphatic heterocycles. The lowest BCUT2D eigenvalue weighted by atomic mass is 10.4. The number of hydrogen-bond acceptors (Lipinski definition) is 3. The molecule has 0 spiro atoms. The summed E-state index contributed by atoms with van der Waals surface area (Å²) in [6.07, 6.45) is 2.57. The zero-order valence-corrected chi connectivity index (χ0v) is 6.84. The highest BCUT2D eigenvalue weighted by Gasteiger charge is 1.84. The zero-order chi connectivity index (χ0) is 6.95. The second kappa shape index (κ2) is 8.27. The second-order valence-corrected chi connectivity index (χ2v) is 2.87. The van der Waals surface area contributed by atoms with Gasteiger partial charge in [0.25, 0.3) is 0 Å². The molecule has 0 heterocycles. The molecule has 0 aromatic heterocycles. The van der Waals surface area contributed by atoms with E-state index in [1.54, 1.807) is 11.9 Å². The highest BCUT2D eigenvalue weighted by atomic mass is 32.2. The van der Waals surface area contributed by atoms with Crippen molar-refractivity contribution in [3.8, 4) is 0 Å². The van der Waals surface area contributed by atoms with Gasteiger partial charge in [0.1, 0.15) is 0 Å². The van der Waals surface area contributed by atoms with Gasteiger partial charge in [0.2, 0.25) is 0 Å². The second-order valence-electron chi connectivity index (χ2n) is 1.89. The molecule has 0 radical (unpaired) electrons. The van der Waals surface area contributed by atoms with Gasteiger partial charge in [0, 0.05) is 18.8 Å². The molecule has 0 aliphatic carbocycles. The summed E-state index contributed by atoms with van der Waals surface area (Å²) in [7, 11) is 0. The van der Waals surface area contributed by atoms with Gasteiger partial charge in [0.15, 0.2) is 0 Å². The normalized spacial score (nSPS) is 10.0. The molecule has 3 N–H and O–H groups in total. The standard InChI is InChI=1S/C6H16N2S/c1-2-3-6-9-8-5-4-7/h8H,2-7H2,1H3. The largest absolute Gasteiger partial charge is 0.329 e. The van der Waals surface area contributed by atoms with Crippen LogP contribution >= 0.6 is 11.9 Å². The molecule has 0 unspecified atom stereocenters. The Hall–Kier alpha value is 0.270. The van der Waals surface area contributed by atoms with E-state index in [9.17, 15) is 0 Å². The topological polar surface area (TPSA) is 38.0 Å². The number of hydrogen-bond donors (Lipinski definition) is 2. The van der Waals surface area contributed by atoms with Gasteiger partial charge in [-0.3, -0.25) is 4.72 Å². The molecule has 0 bridgehead atoms. The maximum atomic E-state index is 5.27. The van der Waals surface area contributed by atoms with E-state index in [0.29, 0.717) is 0 Å². The maximum Gasteiger partial charge on any atom is 0.0182 e. The van der Waals surface area contributed by atoms with Crippen LogP contribution in [0.5, 0.6) is 0 Å². The summed E-state index contributed by atoms with van der Waals surface area (Å²) in [5.41, 5.74) is 5.27. The van der Waals surface area contributed by atoms with Gasteiger partial charge in [-0.05, 0) is 6.42 Å². The van der Waals surface area contributed by atoms with E-state index in [1.807, 2.05) is 0 Å². The predicted octanol–water partition coefficient (Wildman–Crippen LogP) is 0.983. The van der Waals surface area contributed by atoms with Gasteiger partial charge in [-0.15, -0.1) is 0 Å². The quantitative estimate of drug-likeness (QED) is 0.435. The van der Waals surface area contributed by atoms with Crippen LogP contribution in [0, 0.1) is 0 Å². The SMILES string of the molecule is CCCCSNCCN. The van der Waals surface area contributed by atoms with Crippen LogP contribution in [0.2, 0.25) is 0 Å². The average Bonchev–Trinajstić information content (AvgIpc) is 1.89. The van der Waals surface area contributed by atoms with Crippen molar-refractivity contribution in [2.45, 2.75) is 19.8 Å². The molecule has 0 saturated heterocycles. The van der Waals surface area contributed by atoms with Gasteiger partial charge in [-0.1, -0.05) is 25.3 Å². The molecule has 9 heavy (non-hydrogen) atoms. The number of unbranched alkanes of at least 4 members (excludes halogenated alkanes) is 1. The molecule has 0 aliphatic rings. The van der Waals surface area contributed by atoms with E-state index in [4.69, 9.17) is 5.73 Å². The Balaban J connectivity index is 2.60. The van der Waals surface area contributed by atoms with Crippen LogP contribution in [-0.2, 0) is 0 Å². The molecule has 2 nitrogen and oxygen atoms in total. The molecule has 0 aromatic carbocycles. The Morgan fingerprint density at radius 2 is 2.33 bits per heavy atom. The summed E-state index contributed by atoms with van der Waals surface area (Å²) < 4.78 is 3.16. The predicted molar refractivity (Wildman–Crippen MR) is 44.4 cm³/mol. The van der Waals surface area contributed by atoms with Crippen molar-refractivity contribution >= 4 is 11.9 Å². The third kappa shape index (κ3) is 8.27. The molecule has 0 rings (SSSR count). The van der Waals surface area contributed by atoms with E-state index in [-0.39, 0.29) is 0 Å². The Morgan fingerprint density at radius 1 is 1.56 bits per heavy atom. The van der Waals surface area contributed by atoms with Gasteiger partial charge in [-0.2, -0.15) is 0 Å². The lowest BCUT2D eigenvalue weighted by Gasteiger charge is -1.99. The van der Waals surface area contributed by atoms with Gasteiger partial charge in [-0.25, -0.2) is 0 Å². The molecule has 0 fully saturated rings. The first-order chi connectivity index (χ1) is 4.41. The Labute approximate surface area is 61.7 Å². The minimum atomic E-state index is 0.735. The molecule has 56 valence electrons. The fraction of sp³-hybridized carbons (Fsp3) is 1.00. The first-order valence-electron chi connectivity index (χ1n) is 3.46. The Morgan fingerprint density at radius 3 is 2.89 bits per heavy atom. The van der Waals surface area contributed by atoms with Crippen LogP contribution in [0.25, 0.3) is 0 Å². The minimum absolute atomic E-state index is 0.735. The van der Waals surface area contributed by atoms with Crippen LogP contribution in [0.3, 0.4) is 0 Å². The smallest absolute Gasteiger partial charge is 0.0182 e. The summed E-state index contributed by atoms with van der Waals surface area (Å²) >= 11 is 1.77. The first-order valence-corrected chi connectivity index (χ1v) is 4.45. The molecule has 0 amide bonds. The van der Waals surface area contributed by atoms with Crippen molar-refractivity contribution in [1.29, 1.82) is 0 Å². The molecular weight excluding hydrogens is 132 g/mol. The highest BCUT2D eigenvalue weighted by Crippen LogP contribution is 1.97. The van der Waals surface area contributed by atoms with Crippen molar-refractivity contribution in [2.24, 2.45) is 5.73 Å². The monoisotopic (exact) mass is 148 g/mol. The van der Waals surface area contributed by atoms with Crippen molar-refractivity contribution < 1.29 is 0 Å². The number of nitrogens with one attached hydrogen (secondary N) is 1. The summed E-state index contributed by atoms with van der Waals surface area (Å²) in [6.45, 7) is 3.86. The van der Waals surface area contributed by atoms with Crippen LogP contribution in [0.1, 0.15) is 19.8 Å². The molecular formula is C6H16N2S. The summed E-state index contributed by atoms with van der Waals surface area (Å²) in [5, 5.41) is 0. The third-order valence-electron chi connectivity index (χ3n) is 0.948. The molecule has 0 atom stereocenters. The van der Waals surface area contributed by atoms with Crippen molar-refractivity contribution in [3.63, 3.8) is 0 Å². The highest BCUT2D eigenvalue weighted by molar-refractivity contribution is 7.97. The lowest BCUT2D eigenvalue weighted by Crippen LogP contribution is -2.16. The fourth-order valence-electron chi connectivity index (χ4n) is 0.420. The van der Waals surface area contributed by atoms with Gasteiger partial charge in [0.05, 0.1) is 0 Å². The van der Waals surface area contributed by atoms with E-state index < -0.39 is 0 Å². The first kappa shape index (κ1) is 9.27. The van der Waals surface area contributed by atoms with Crippen LogP contribution in [-0.4, -0.2) is 18.8 Å². The maximum absolute atomic E-state index is 5.27. The lowest BCUT2D eigenvalue weighted by molar-refractivity contribution is 0.879. The molecule has 3 heteroatoms. The van der Waals surface area contributed by atoms with Crippen LogP contribution in [0.4, 0.5) is 0 Å². The molecule has 0 aromatic rings. The minimum Gasteiger partial charge on any atom is -0.329 e. The van der Waals surface area contributed by atoms with E-state index in [1.165, 1.54) is 18.6 Å². The van der Waals surface area contributed by atoms with Crippen molar-refractivity contribution in [1.82, 2.24) is 4.72 Å². The van der Waals surface area contributed by atoms with Crippen molar-refractivity contribution in [3.05, 3.63) is 0 Å². The van der Waals surface area contributed by atoms with Gasteiger partial charge < -0.3 is 5.73 Å². The summed E-state index contributed by atoms with van der Waals surface area (Å²) in [5.74, 6) is 1.20. The van der Waals surface area contributed by atoms with Crippen LogP contribution < -0.4 is 10.5 Å². The third-order valence-corrected chi connectivity index (χ3v) is 1.85. The van der Waals surface area contributed by atoms with Crippen molar-refractivity contribution in [2.75, 3.05) is 18.8 Å². The molecule has 0 saturated carbocycles. The summed E-state index contributed by atoms with van der Waals surface area (Å²) in [6, 6.07) is 0. The van der Waals surface area contributed by atoms with E-state index in [2.05, 4.69) is 11.6 Å². The summed E-state index contributed by atoms with van der Waals surface area (Å²) in [4.78, 5) is 0. The van der Waals surface area contributed by atoms with Gasteiger partial charge >= 0.3 is 0 Å². The Bertz CT molecular complexity index is 44.3. The number of rotatable bonds is 6. The average molecular weight is 148 g/mol. The van der Waals surface area contributed by atoms with E-state index >= 15 is 0 Å². The van der Waals surface area contributed by atoms with E-state index in [0.717, 1.165) is 13.1 Å². The fourth-order valence-corrected chi connectivity index (χ4v) is 1.26. The number of nitrogens with two attached hydrogens (primary N) is 1.